The molecule has 0 bridgehead atoms. The molecule has 1 aliphatic heterocycles. The summed E-state index contributed by atoms with van der Waals surface area (Å²) in [6.45, 7) is 15.9. The number of carbonyl (C=O) groups excluding carboxylic acids is 1. The Morgan fingerprint density at radius 2 is 1.76 bits per heavy atom. The number of ketones is 1. The summed E-state index contributed by atoms with van der Waals surface area (Å²) in [6.07, 6.45) is 3.40. The topological polar surface area (TPSA) is 80.2 Å². The number of carbonyl (C=O) groups is 1. The van der Waals surface area contributed by atoms with Crippen molar-refractivity contribution in [2.45, 2.75) is 78.4 Å². The fourth-order valence-electron chi connectivity index (χ4n) is 2.36. The minimum atomic E-state index is -3.48. The van der Waals surface area contributed by atoms with Crippen LogP contribution in [0.25, 0.3) is 0 Å². The van der Waals surface area contributed by atoms with E-state index in [-0.39, 0.29) is 23.5 Å². The van der Waals surface area contributed by atoms with Crippen molar-refractivity contribution < 1.29 is 13.2 Å². The second-order valence-electron chi connectivity index (χ2n) is 6.10. The van der Waals surface area contributed by atoms with Crippen molar-refractivity contribution in [3.05, 3.63) is 11.8 Å². The zero-order valence-electron chi connectivity index (χ0n) is 17.0. The van der Waals surface area contributed by atoms with Gasteiger partial charge in [0.15, 0.2) is 5.78 Å². The molecule has 0 saturated heterocycles. The molecule has 0 aromatic carbocycles. The van der Waals surface area contributed by atoms with Crippen molar-refractivity contribution in [1.29, 1.82) is 0 Å². The Hall–Kier alpha value is -1.50. The highest BCUT2D eigenvalue weighted by atomic mass is 32.2. The van der Waals surface area contributed by atoms with Gasteiger partial charge in [0.25, 0.3) is 0 Å². The fourth-order valence-corrected chi connectivity index (χ4v) is 2.85. The van der Waals surface area contributed by atoms with Crippen molar-refractivity contribution in [2.24, 2.45) is 0 Å². The third-order valence-corrected chi connectivity index (χ3v) is 5.02. The highest BCUT2D eigenvalue weighted by Crippen LogP contribution is 2.37. The highest BCUT2D eigenvalue weighted by Gasteiger charge is 2.41. The third kappa shape index (κ3) is 5.00. The lowest BCUT2D eigenvalue weighted by molar-refractivity contribution is -0.122. The van der Waals surface area contributed by atoms with E-state index < -0.39 is 15.3 Å². The Labute approximate surface area is 153 Å². The van der Waals surface area contributed by atoms with Gasteiger partial charge in [0.2, 0.25) is 15.0 Å². The second kappa shape index (κ2) is 9.27. The molecule has 0 spiro atoms. The molecule has 0 N–H and O–H groups in total. The summed E-state index contributed by atoms with van der Waals surface area (Å²) in [5.41, 5.74) is -0.0126. The van der Waals surface area contributed by atoms with E-state index in [9.17, 15) is 13.2 Å². The number of anilines is 1. The maximum absolute atomic E-state index is 12.4. The number of aromatic nitrogens is 2. The van der Waals surface area contributed by atoms with Gasteiger partial charge in [0.1, 0.15) is 5.82 Å². The zero-order chi connectivity index (χ0) is 20.0. The van der Waals surface area contributed by atoms with Gasteiger partial charge in [-0.2, -0.15) is 0 Å². The van der Waals surface area contributed by atoms with E-state index in [1.807, 2.05) is 60.3 Å². The summed E-state index contributed by atoms with van der Waals surface area (Å²) in [5.74, 6) is 0.649. The maximum Gasteiger partial charge on any atom is 0.248 e. The molecule has 6 nitrogen and oxygen atoms in total. The molecule has 0 aliphatic carbocycles. The average Bonchev–Trinajstić information content (AvgIpc) is 2.60. The molecule has 1 unspecified atom stereocenters. The molecule has 1 aliphatic rings. The summed E-state index contributed by atoms with van der Waals surface area (Å²) >= 11 is 0. The van der Waals surface area contributed by atoms with Crippen molar-refractivity contribution in [2.75, 3.05) is 17.7 Å². The minimum Gasteiger partial charge on any atom is -0.346 e. The van der Waals surface area contributed by atoms with Crippen LogP contribution in [0.15, 0.2) is 11.4 Å². The van der Waals surface area contributed by atoms with E-state index in [1.165, 1.54) is 6.20 Å². The van der Waals surface area contributed by atoms with Gasteiger partial charge in [0.05, 0.1) is 12.0 Å². The smallest absolute Gasteiger partial charge is 0.248 e. The van der Waals surface area contributed by atoms with Gasteiger partial charge in [-0.15, -0.1) is 0 Å². The Bertz CT molecular complexity index is 685. The van der Waals surface area contributed by atoms with Crippen LogP contribution in [0.2, 0.25) is 0 Å². The number of fused-ring (bicyclic) bond motifs is 1. The molecule has 1 aromatic heterocycles. The van der Waals surface area contributed by atoms with Gasteiger partial charge < -0.3 is 4.90 Å². The first-order valence-corrected chi connectivity index (χ1v) is 10.9. The largest absolute Gasteiger partial charge is 0.346 e. The minimum absolute atomic E-state index is 0.0889. The first kappa shape index (κ1) is 23.5. The molecule has 7 heteroatoms. The van der Waals surface area contributed by atoms with E-state index in [0.29, 0.717) is 11.4 Å². The van der Waals surface area contributed by atoms with Crippen LogP contribution in [0.5, 0.6) is 0 Å². The van der Waals surface area contributed by atoms with Gasteiger partial charge >= 0.3 is 0 Å². The molecule has 25 heavy (non-hydrogen) atoms. The van der Waals surface area contributed by atoms with Crippen molar-refractivity contribution in [3.8, 4) is 0 Å². The third-order valence-electron chi connectivity index (χ3n) is 4.16. The number of rotatable bonds is 3. The normalized spacial score (nSPS) is 16.7. The molecule has 1 atom stereocenters. The van der Waals surface area contributed by atoms with Crippen molar-refractivity contribution >= 4 is 21.4 Å². The molecular weight excluding hydrogens is 338 g/mol. The molecule has 0 amide bonds. The first-order chi connectivity index (χ1) is 11.6. The molecule has 144 valence electrons. The summed E-state index contributed by atoms with van der Waals surface area (Å²) in [4.78, 5) is 22.4. The fraction of sp³-hybridized carbons (Fsp3) is 0.722. The van der Waals surface area contributed by atoms with Crippen LogP contribution in [-0.4, -0.2) is 43.0 Å². The van der Waals surface area contributed by atoms with Gasteiger partial charge in [-0.05, 0) is 27.2 Å². The number of sulfone groups is 1. The molecular formula is C18H33N3O3S. The standard InChI is InChI=1S/C14H21N3O3S.2C2H6/c1-6-9(2)17-8-11(18)14(3,4)10-7-15-13(16-12(10)17)21(5,19)20;2*1-2/h7,9H,6,8H2,1-5H3;2*1-2H3. The van der Waals surface area contributed by atoms with Crippen molar-refractivity contribution in [3.63, 3.8) is 0 Å². The number of hydrogen-bond donors (Lipinski definition) is 0. The van der Waals surface area contributed by atoms with Crippen LogP contribution >= 0.6 is 0 Å². The molecule has 2 rings (SSSR count). The summed E-state index contributed by atoms with van der Waals surface area (Å²) in [6, 6.07) is 0.103. The summed E-state index contributed by atoms with van der Waals surface area (Å²) < 4.78 is 23.4. The Kier molecular flexibility index (Phi) is 8.71. The lowest BCUT2D eigenvalue weighted by Crippen LogP contribution is -2.49. The lowest BCUT2D eigenvalue weighted by atomic mass is 9.78. The van der Waals surface area contributed by atoms with Crippen LogP contribution in [0.4, 0.5) is 5.82 Å². The predicted molar refractivity (Wildman–Crippen MR) is 103 cm³/mol. The molecule has 2 heterocycles. The molecule has 0 saturated carbocycles. The van der Waals surface area contributed by atoms with Crippen LogP contribution in [-0.2, 0) is 20.0 Å². The Morgan fingerprint density at radius 1 is 1.24 bits per heavy atom. The van der Waals surface area contributed by atoms with Gasteiger partial charge in [-0.3, -0.25) is 4.79 Å². The van der Waals surface area contributed by atoms with Gasteiger partial charge in [-0.1, -0.05) is 34.6 Å². The maximum atomic E-state index is 12.4. The van der Waals surface area contributed by atoms with Crippen LogP contribution < -0.4 is 4.90 Å². The quantitative estimate of drug-likeness (QED) is 0.758. The first-order valence-electron chi connectivity index (χ1n) is 8.96. The molecule has 1 aromatic rings. The van der Waals surface area contributed by atoms with Crippen LogP contribution in [0.1, 0.15) is 67.4 Å². The van der Waals surface area contributed by atoms with E-state index in [0.717, 1.165) is 12.7 Å². The number of hydrogen-bond acceptors (Lipinski definition) is 6. The predicted octanol–water partition coefficient (Wildman–Crippen LogP) is 3.40. The van der Waals surface area contributed by atoms with Crippen molar-refractivity contribution in [1.82, 2.24) is 9.97 Å². The van der Waals surface area contributed by atoms with E-state index in [4.69, 9.17) is 0 Å². The van der Waals surface area contributed by atoms with Crippen LogP contribution in [0, 0.1) is 0 Å². The van der Waals surface area contributed by atoms with Crippen LogP contribution in [0.3, 0.4) is 0 Å². The Morgan fingerprint density at radius 3 is 2.20 bits per heavy atom. The average molecular weight is 372 g/mol. The second-order valence-corrected chi connectivity index (χ2v) is 8.00. The monoisotopic (exact) mass is 371 g/mol. The Balaban J connectivity index is 0.00000134. The molecule has 0 fully saturated rings. The van der Waals surface area contributed by atoms with E-state index >= 15 is 0 Å². The summed E-state index contributed by atoms with van der Waals surface area (Å²) in [7, 11) is -3.48. The lowest BCUT2D eigenvalue weighted by Gasteiger charge is -2.40. The highest BCUT2D eigenvalue weighted by molar-refractivity contribution is 7.90. The van der Waals surface area contributed by atoms with Gasteiger partial charge in [-0.25, -0.2) is 18.4 Å². The van der Waals surface area contributed by atoms with E-state index in [1.54, 1.807) is 0 Å². The SMILES string of the molecule is CC.CC.CCC(C)N1CC(=O)C(C)(C)c2cnc(S(C)(=O)=O)nc21. The van der Waals surface area contributed by atoms with Gasteiger partial charge in [0, 0.05) is 24.1 Å². The molecule has 0 radical (unpaired) electrons. The number of Topliss-reactive ketones (excluding diaryl/α,β-unsaturated/α-hetero) is 1. The zero-order valence-corrected chi connectivity index (χ0v) is 17.9. The number of nitrogens with zero attached hydrogens (tertiary/aromatic N) is 3. The summed E-state index contributed by atoms with van der Waals surface area (Å²) in [5, 5.41) is -0.195. The van der Waals surface area contributed by atoms with E-state index in [2.05, 4.69) is 9.97 Å².